The van der Waals surface area contributed by atoms with Gasteiger partial charge in [0.25, 0.3) is 0 Å². The van der Waals surface area contributed by atoms with Crippen molar-refractivity contribution in [3.63, 3.8) is 0 Å². The molecule has 0 bridgehead atoms. The number of nitrogens with one attached hydrogen (secondary N) is 2. The molecule has 8 aromatic rings. The van der Waals surface area contributed by atoms with E-state index in [1.165, 1.54) is 53.2 Å². The second-order valence-corrected chi connectivity index (χ2v) is 12.4. The third-order valence-electron chi connectivity index (χ3n) is 8.68. The van der Waals surface area contributed by atoms with Gasteiger partial charge in [0.05, 0.1) is 11.0 Å². The van der Waals surface area contributed by atoms with Gasteiger partial charge in [-0.15, -0.1) is 11.3 Å². The van der Waals surface area contributed by atoms with Crippen molar-refractivity contribution >= 4 is 59.2 Å². The summed E-state index contributed by atoms with van der Waals surface area (Å²) >= 11 is 1.86. The lowest BCUT2D eigenvalue weighted by Crippen LogP contribution is -2.46. The predicted molar refractivity (Wildman–Crippen MR) is 185 cm³/mol. The van der Waals surface area contributed by atoms with Crippen LogP contribution in [0.1, 0.15) is 23.6 Å². The van der Waals surface area contributed by atoms with Crippen molar-refractivity contribution in [3.05, 3.63) is 157 Å². The molecule has 0 aliphatic carbocycles. The first-order valence-electron chi connectivity index (χ1n) is 15.0. The van der Waals surface area contributed by atoms with Crippen molar-refractivity contribution in [3.8, 4) is 11.1 Å². The first-order chi connectivity index (χ1) is 21.8. The number of aliphatic imine (C=N–C) groups is 1. The summed E-state index contributed by atoms with van der Waals surface area (Å²) in [5, 5.41) is 12.6. The molecule has 0 amide bonds. The highest BCUT2D eigenvalue weighted by Gasteiger charge is 2.28. The van der Waals surface area contributed by atoms with Crippen molar-refractivity contribution in [2.45, 2.75) is 12.5 Å². The molecule has 3 heterocycles. The van der Waals surface area contributed by atoms with Crippen molar-refractivity contribution in [2.75, 3.05) is 0 Å². The van der Waals surface area contributed by atoms with Crippen molar-refractivity contribution in [1.82, 2.24) is 15.2 Å². The van der Waals surface area contributed by atoms with Crippen LogP contribution in [-0.4, -0.2) is 10.4 Å². The van der Waals surface area contributed by atoms with Gasteiger partial charge in [-0.2, -0.15) is 0 Å². The Morgan fingerprint density at radius 1 is 0.523 bits per heavy atom. The maximum atomic E-state index is 5.34. The number of nitrogens with zero attached hydrogens (tertiary/aromatic N) is 2. The number of fused-ring (bicyclic) bond motifs is 6. The highest BCUT2D eigenvalue weighted by Crippen LogP contribution is 2.42. The lowest BCUT2D eigenvalue weighted by atomic mass is 10.0. The lowest BCUT2D eigenvalue weighted by Gasteiger charge is -2.33. The summed E-state index contributed by atoms with van der Waals surface area (Å²) in [6, 6.07) is 52.0. The number of hydrogen-bond donors (Lipinski definition) is 2. The standard InChI is InChI=1S/C39H28N4S/c1-4-12-25(13-5-1)28-20-21-33-30(22-28)31-24-36-32(29-18-10-11-19-35(29)44-36)23-34(31)43(33)39-41-37(26-14-6-2-7-15-26)40-38(42-39)27-16-8-3-9-17-27/h1-24,37,39,41H,(H,40,42). The van der Waals surface area contributed by atoms with Crippen LogP contribution in [0.4, 0.5) is 0 Å². The monoisotopic (exact) mass is 584 g/mol. The van der Waals surface area contributed by atoms with Crippen LogP contribution in [0.3, 0.4) is 0 Å². The van der Waals surface area contributed by atoms with E-state index in [0.717, 1.165) is 16.9 Å². The van der Waals surface area contributed by atoms with Gasteiger partial charge in [-0.1, -0.05) is 115 Å². The third-order valence-corrected chi connectivity index (χ3v) is 9.81. The molecule has 1 aliphatic heterocycles. The average Bonchev–Trinajstić information content (AvgIpc) is 3.62. The average molecular weight is 585 g/mol. The van der Waals surface area contributed by atoms with Gasteiger partial charge in [0, 0.05) is 36.5 Å². The van der Waals surface area contributed by atoms with Crippen molar-refractivity contribution in [1.29, 1.82) is 0 Å². The van der Waals surface area contributed by atoms with Gasteiger partial charge in [-0.3, -0.25) is 5.32 Å². The molecule has 0 radical (unpaired) electrons. The highest BCUT2D eigenvalue weighted by molar-refractivity contribution is 7.25. The van der Waals surface area contributed by atoms with Crippen molar-refractivity contribution in [2.24, 2.45) is 4.99 Å². The van der Waals surface area contributed by atoms with E-state index in [2.05, 4.69) is 155 Å². The Kier molecular flexibility index (Phi) is 5.86. The zero-order valence-electron chi connectivity index (χ0n) is 23.8. The minimum Gasteiger partial charge on any atom is -0.350 e. The van der Waals surface area contributed by atoms with Crippen LogP contribution in [-0.2, 0) is 0 Å². The Morgan fingerprint density at radius 2 is 1.20 bits per heavy atom. The van der Waals surface area contributed by atoms with Gasteiger partial charge >= 0.3 is 0 Å². The van der Waals surface area contributed by atoms with E-state index in [4.69, 9.17) is 4.99 Å². The van der Waals surface area contributed by atoms with Gasteiger partial charge in [-0.05, 0) is 47.0 Å². The summed E-state index contributed by atoms with van der Waals surface area (Å²) in [4.78, 5) is 5.34. The zero-order chi connectivity index (χ0) is 29.0. The van der Waals surface area contributed by atoms with Crippen LogP contribution < -0.4 is 10.6 Å². The molecule has 2 aromatic heterocycles. The molecule has 0 saturated carbocycles. The summed E-state index contributed by atoms with van der Waals surface area (Å²) in [5.74, 6) is 0.876. The fourth-order valence-electron chi connectivity index (χ4n) is 6.58. The Balaban J connectivity index is 1.32. The third kappa shape index (κ3) is 4.13. The van der Waals surface area contributed by atoms with E-state index >= 15 is 0 Å². The SMILES string of the molecule is c1ccc(C2=NC(n3c4ccc(-c5ccccc5)cc4c4cc5sc6ccccc6c5cc43)NC(c3ccccc3)N2)cc1. The molecule has 0 spiro atoms. The number of thiophene rings is 1. The Hall–Kier alpha value is -5.23. The molecule has 2 unspecified atom stereocenters. The van der Waals surface area contributed by atoms with E-state index < -0.39 is 0 Å². The summed E-state index contributed by atoms with van der Waals surface area (Å²) in [6.07, 6.45) is -0.447. The predicted octanol–water partition coefficient (Wildman–Crippen LogP) is 9.62. The molecule has 210 valence electrons. The largest absolute Gasteiger partial charge is 0.350 e. The molecule has 4 nitrogen and oxygen atoms in total. The smallest absolute Gasteiger partial charge is 0.184 e. The molecular weight excluding hydrogens is 557 g/mol. The number of benzene rings is 6. The van der Waals surface area contributed by atoms with E-state index in [-0.39, 0.29) is 12.5 Å². The molecule has 0 fully saturated rings. The van der Waals surface area contributed by atoms with Gasteiger partial charge in [-0.25, -0.2) is 4.99 Å². The molecule has 0 saturated heterocycles. The molecule has 2 N–H and O–H groups in total. The minimum atomic E-state index is -0.332. The van der Waals surface area contributed by atoms with Gasteiger partial charge in [0.15, 0.2) is 6.29 Å². The van der Waals surface area contributed by atoms with Crippen LogP contribution in [0.25, 0.3) is 53.1 Å². The molecule has 9 rings (SSSR count). The summed E-state index contributed by atoms with van der Waals surface area (Å²) in [5.41, 5.74) is 6.99. The maximum absolute atomic E-state index is 5.34. The summed E-state index contributed by atoms with van der Waals surface area (Å²) in [7, 11) is 0. The van der Waals surface area contributed by atoms with Crippen LogP contribution in [0, 0.1) is 0 Å². The molecule has 1 aliphatic rings. The number of hydrogen-bond acceptors (Lipinski definition) is 4. The molecule has 44 heavy (non-hydrogen) atoms. The molecule has 6 aromatic carbocycles. The van der Waals surface area contributed by atoms with E-state index in [9.17, 15) is 0 Å². The lowest BCUT2D eigenvalue weighted by molar-refractivity contribution is 0.341. The van der Waals surface area contributed by atoms with Gasteiger partial charge < -0.3 is 9.88 Å². The minimum absolute atomic E-state index is 0.115. The van der Waals surface area contributed by atoms with Crippen LogP contribution in [0.15, 0.2) is 151 Å². The zero-order valence-corrected chi connectivity index (χ0v) is 24.6. The van der Waals surface area contributed by atoms with Crippen molar-refractivity contribution < 1.29 is 0 Å². The molecule has 5 heteroatoms. The van der Waals surface area contributed by atoms with Crippen LogP contribution in [0.2, 0.25) is 0 Å². The Morgan fingerprint density at radius 3 is 2.00 bits per heavy atom. The number of aromatic nitrogens is 1. The fourth-order valence-corrected chi connectivity index (χ4v) is 7.70. The highest BCUT2D eigenvalue weighted by atomic mass is 32.1. The van der Waals surface area contributed by atoms with E-state index in [1.807, 2.05) is 17.4 Å². The Bertz CT molecular complexity index is 2340. The molecular formula is C39H28N4S. The first-order valence-corrected chi connectivity index (χ1v) is 15.8. The van der Waals surface area contributed by atoms with Crippen LogP contribution in [0.5, 0.6) is 0 Å². The Labute approximate surface area is 258 Å². The fraction of sp³-hybridized carbons (Fsp3) is 0.0513. The van der Waals surface area contributed by atoms with Gasteiger partial charge in [0.2, 0.25) is 0 Å². The number of amidine groups is 1. The second kappa shape index (κ2) is 10.2. The quantitative estimate of drug-likeness (QED) is 0.216. The maximum Gasteiger partial charge on any atom is 0.184 e. The summed E-state index contributed by atoms with van der Waals surface area (Å²) < 4.78 is 5.01. The van der Waals surface area contributed by atoms with E-state index in [1.54, 1.807) is 0 Å². The number of rotatable bonds is 4. The molecule has 2 atom stereocenters. The second-order valence-electron chi connectivity index (χ2n) is 11.3. The topological polar surface area (TPSA) is 41.4 Å². The summed E-state index contributed by atoms with van der Waals surface area (Å²) in [6.45, 7) is 0. The normalized spacial score (nSPS) is 16.9. The van der Waals surface area contributed by atoms with Gasteiger partial charge in [0.1, 0.15) is 12.0 Å². The van der Waals surface area contributed by atoms with Crippen LogP contribution >= 0.6 is 11.3 Å². The van der Waals surface area contributed by atoms with E-state index in [0.29, 0.717) is 0 Å². The first kappa shape index (κ1) is 25.3.